The Hall–Kier alpha value is -1.48. The molecule has 0 saturated heterocycles. The molecular formula is C21H28. The molecule has 21 heavy (non-hydrogen) atoms. The minimum atomic E-state index is 0.383. The van der Waals surface area contributed by atoms with Crippen molar-refractivity contribution in [3.05, 3.63) is 41.5 Å². The first-order chi connectivity index (χ1) is 9.73. The van der Waals surface area contributed by atoms with Crippen LogP contribution in [0, 0.1) is 35.0 Å². The highest BCUT2D eigenvalue weighted by Gasteiger charge is 2.64. The second-order valence-corrected chi connectivity index (χ2v) is 7.76. The molecule has 0 heterocycles. The van der Waals surface area contributed by atoms with Crippen molar-refractivity contribution in [3.8, 4) is 12.3 Å². The lowest BCUT2D eigenvalue weighted by molar-refractivity contribution is 0.457. The van der Waals surface area contributed by atoms with E-state index < -0.39 is 0 Å². The van der Waals surface area contributed by atoms with Crippen LogP contribution in [0.1, 0.15) is 53.5 Å². The van der Waals surface area contributed by atoms with E-state index in [4.69, 9.17) is 6.42 Å². The summed E-state index contributed by atoms with van der Waals surface area (Å²) in [7, 11) is 0. The molecule has 2 rings (SSSR count). The molecule has 0 radical (unpaired) electrons. The lowest BCUT2D eigenvalue weighted by Crippen LogP contribution is -2.01. The third kappa shape index (κ3) is 2.67. The average Bonchev–Trinajstić information content (AvgIpc) is 2.80. The molecule has 0 nitrogen and oxygen atoms in total. The highest BCUT2D eigenvalue weighted by atomic mass is 14.7. The molecule has 1 saturated carbocycles. The molecule has 0 amide bonds. The van der Waals surface area contributed by atoms with Gasteiger partial charge in [-0.15, -0.1) is 6.42 Å². The van der Waals surface area contributed by atoms with E-state index in [-0.39, 0.29) is 0 Å². The van der Waals surface area contributed by atoms with Crippen LogP contribution in [-0.4, -0.2) is 0 Å². The lowest BCUT2D eigenvalue weighted by atomic mass is 9.87. The zero-order chi connectivity index (χ0) is 15.8. The lowest BCUT2D eigenvalue weighted by Gasteiger charge is -2.16. The maximum atomic E-state index is 5.89. The summed E-state index contributed by atoms with van der Waals surface area (Å²) in [5.41, 5.74) is 4.58. The molecule has 0 aromatic heterocycles. The number of rotatable bonds is 4. The number of terminal acetylenes is 1. The van der Waals surface area contributed by atoms with Crippen LogP contribution in [0.5, 0.6) is 0 Å². The summed E-state index contributed by atoms with van der Waals surface area (Å²) in [5, 5.41) is 0. The van der Waals surface area contributed by atoms with Gasteiger partial charge in [0.1, 0.15) is 0 Å². The van der Waals surface area contributed by atoms with Gasteiger partial charge in [0.05, 0.1) is 0 Å². The quantitative estimate of drug-likeness (QED) is 0.611. The Bertz CT molecular complexity index is 562. The summed E-state index contributed by atoms with van der Waals surface area (Å²) in [6.07, 6.45) is 6.92. The van der Waals surface area contributed by atoms with Gasteiger partial charge in [0.15, 0.2) is 0 Å². The van der Waals surface area contributed by atoms with E-state index in [0.29, 0.717) is 22.7 Å². The Morgan fingerprint density at radius 1 is 1.10 bits per heavy atom. The van der Waals surface area contributed by atoms with Gasteiger partial charge in [-0.25, -0.2) is 0 Å². The van der Waals surface area contributed by atoms with Gasteiger partial charge >= 0.3 is 0 Å². The van der Waals surface area contributed by atoms with Crippen LogP contribution in [0.2, 0.25) is 0 Å². The summed E-state index contributed by atoms with van der Waals surface area (Å²) in [5.74, 6) is 4.13. The second kappa shape index (κ2) is 5.38. The van der Waals surface area contributed by atoms with Crippen LogP contribution in [0.25, 0.3) is 5.57 Å². The molecule has 0 atom stereocenters. The summed E-state index contributed by atoms with van der Waals surface area (Å²) >= 11 is 0. The van der Waals surface area contributed by atoms with Gasteiger partial charge in [0, 0.05) is 5.57 Å². The number of hydrogen-bond acceptors (Lipinski definition) is 0. The highest BCUT2D eigenvalue weighted by Crippen LogP contribution is 2.70. The van der Waals surface area contributed by atoms with Gasteiger partial charge in [-0.1, -0.05) is 77.8 Å². The van der Waals surface area contributed by atoms with Crippen molar-refractivity contribution >= 4 is 5.57 Å². The van der Waals surface area contributed by atoms with Crippen molar-refractivity contribution in [1.82, 2.24) is 0 Å². The molecule has 1 fully saturated rings. The first-order valence-electron chi connectivity index (χ1n) is 7.98. The molecule has 112 valence electrons. The third-order valence-electron chi connectivity index (χ3n) is 5.89. The summed E-state index contributed by atoms with van der Waals surface area (Å²) in [6.45, 7) is 13.9. The van der Waals surface area contributed by atoms with E-state index in [1.807, 2.05) is 0 Å². The Labute approximate surface area is 130 Å². The fraction of sp³-hybridized carbons (Fsp3) is 0.524. The Morgan fingerprint density at radius 3 is 2.00 bits per heavy atom. The zero-order valence-corrected chi connectivity index (χ0v) is 14.3. The van der Waals surface area contributed by atoms with E-state index in [1.54, 1.807) is 0 Å². The fourth-order valence-electron chi connectivity index (χ4n) is 3.77. The van der Waals surface area contributed by atoms with E-state index in [0.717, 1.165) is 6.42 Å². The van der Waals surface area contributed by atoms with E-state index >= 15 is 0 Å². The molecule has 1 aliphatic rings. The molecule has 0 aliphatic heterocycles. The van der Waals surface area contributed by atoms with Gasteiger partial charge in [-0.2, -0.15) is 0 Å². The first kappa shape index (κ1) is 15.9. The van der Waals surface area contributed by atoms with Crippen molar-refractivity contribution < 1.29 is 0 Å². The summed E-state index contributed by atoms with van der Waals surface area (Å²) in [4.78, 5) is 0. The topological polar surface area (TPSA) is 0 Å². The average molecular weight is 280 g/mol. The van der Waals surface area contributed by atoms with Crippen LogP contribution in [0.15, 0.2) is 35.9 Å². The molecule has 1 aromatic rings. The molecule has 1 aromatic carbocycles. The highest BCUT2D eigenvalue weighted by molar-refractivity contribution is 5.73. The van der Waals surface area contributed by atoms with Crippen LogP contribution in [-0.2, 0) is 0 Å². The van der Waals surface area contributed by atoms with Crippen LogP contribution in [0.3, 0.4) is 0 Å². The molecule has 1 aliphatic carbocycles. The maximum Gasteiger partial charge on any atom is 0.00613 e. The number of allylic oxidation sites excluding steroid dienone is 2. The van der Waals surface area contributed by atoms with Gasteiger partial charge in [0.25, 0.3) is 0 Å². The van der Waals surface area contributed by atoms with E-state index in [2.05, 4.69) is 77.8 Å². The summed E-state index contributed by atoms with van der Waals surface area (Å²) < 4.78 is 0. The zero-order valence-electron chi connectivity index (χ0n) is 14.3. The SMILES string of the molecule is C#CC(CC1C(C)(C)C1(C)C)=C(c1ccccc1)C(C)C. The Kier molecular flexibility index (Phi) is 4.07. The fourth-order valence-corrected chi connectivity index (χ4v) is 3.77. The Balaban J connectivity index is 2.39. The van der Waals surface area contributed by atoms with Gasteiger partial charge in [0.2, 0.25) is 0 Å². The molecular weight excluding hydrogens is 252 g/mol. The minimum Gasteiger partial charge on any atom is -0.115 e. The van der Waals surface area contributed by atoms with Gasteiger partial charge < -0.3 is 0 Å². The second-order valence-electron chi connectivity index (χ2n) is 7.76. The Morgan fingerprint density at radius 2 is 1.62 bits per heavy atom. The molecule has 0 unspecified atom stereocenters. The van der Waals surface area contributed by atoms with Gasteiger partial charge in [-0.05, 0) is 40.2 Å². The molecule has 0 bridgehead atoms. The van der Waals surface area contributed by atoms with Crippen molar-refractivity contribution in [2.24, 2.45) is 22.7 Å². The molecule has 0 N–H and O–H groups in total. The van der Waals surface area contributed by atoms with Crippen LogP contribution in [0.4, 0.5) is 0 Å². The third-order valence-corrected chi connectivity index (χ3v) is 5.89. The molecule has 0 heteroatoms. The number of benzene rings is 1. The predicted molar refractivity (Wildman–Crippen MR) is 92.7 cm³/mol. The smallest absolute Gasteiger partial charge is 0.00613 e. The normalized spacial score (nSPS) is 20.9. The van der Waals surface area contributed by atoms with E-state index in [1.165, 1.54) is 16.7 Å². The monoisotopic (exact) mass is 280 g/mol. The van der Waals surface area contributed by atoms with Crippen LogP contribution >= 0.6 is 0 Å². The van der Waals surface area contributed by atoms with E-state index in [9.17, 15) is 0 Å². The standard InChI is InChI=1S/C21H28/c1-8-16(14-18-20(4,5)21(18,6)7)19(15(2)3)17-12-10-9-11-13-17/h1,9-13,15,18H,14H2,2-7H3. The largest absolute Gasteiger partial charge is 0.115 e. The minimum absolute atomic E-state index is 0.383. The van der Waals surface area contributed by atoms with Crippen molar-refractivity contribution in [2.45, 2.75) is 48.0 Å². The van der Waals surface area contributed by atoms with Crippen molar-refractivity contribution in [1.29, 1.82) is 0 Å². The summed E-state index contributed by atoms with van der Waals surface area (Å²) in [6, 6.07) is 10.6. The van der Waals surface area contributed by atoms with Crippen molar-refractivity contribution in [3.63, 3.8) is 0 Å². The van der Waals surface area contributed by atoms with Crippen molar-refractivity contribution in [2.75, 3.05) is 0 Å². The molecule has 0 spiro atoms. The van der Waals surface area contributed by atoms with Crippen LogP contribution < -0.4 is 0 Å². The van der Waals surface area contributed by atoms with Gasteiger partial charge in [-0.3, -0.25) is 0 Å². The maximum absolute atomic E-state index is 5.89. The number of hydrogen-bond donors (Lipinski definition) is 0. The predicted octanol–water partition coefficient (Wildman–Crippen LogP) is 5.80. The first-order valence-corrected chi connectivity index (χ1v) is 7.98.